The molecule has 0 atom stereocenters. The van der Waals surface area contributed by atoms with Crippen LogP contribution in [-0.2, 0) is 11.2 Å². The summed E-state index contributed by atoms with van der Waals surface area (Å²) in [5.74, 6) is -0.285. The van der Waals surface area contributed by atoms with Gasteiger partial charge >= 0.3 is 0 Å². The first-order valence-electron chi connectivity index (χ1n) is 8.13. The van der Waals surface area contributed by atoms with Crippen LogP contribution in [0.5, 0.6) is 0 Å². The van der Waals surface area contributed by atoms with Crippen molar-refractivity contribution >= 4 is 28.7 Å². The van der Waals surface area contributed by atoms with Crippen LogP contribution in [0.2, 0.25) is 0 Å². The molecule has 0 spiro atoms. The summed E-state index contributed by atoms with van der Waals surface area (Å²) in [6.07, 6.45) is 1.81. The van der Waals surface area contributed by atoms with Crippen molar-refractivity contribution in [2.75, 3.05) is 29.0 Å². The van der Waals surface area contributed by atoms with E-state index in [9.17, 15) is 14.9 Å². The number of nitro groups is 1. The average molecular weight is 340 g/mol. The SMILES string of the molecule is Cc1cccc([N+](=O)[O-])c1NC(=O)CN1CCCc2c(N)cccc21. The minimum atomic E-state index is -0.487. The molecule has 1 amide bonds. The van der Waals surface area contributed by atoms with Crippen LogP contribution in [0.15, 0.2) is 36.4 Å². The number of benzene rings is 2. The highest BCUT2D eigenvalue weighted by Crippen LogP contribution is 2.31. The average Bonchev–Trinajstić information content (AvgIpc) is 2.57. The third-order valence-corrected chi connectivity index (χ3v) is 4.43. The van der Waals surface area contributed by atoms with Crippen LogP contribution in [0, 0.1) is 17.0 Å². The number of fused-ring (bicyclic) bond motifs is 1. The molecule has 130 valence electrons. The Balaban J connectivity index is 1.80. The van der Waals surface area contributed by atoms with E-state index in [2.05, 4.69) is 5.32 Å². The van der Waals surface area contributed by atoms with Crippen molar-refractivity contribution in [2.24, 2.45) is 0 Å². The number of hydrogen-bond donors (Lipinski definition) is 2. The molecule has 0 radical (unpaired) electrons. The van der Waals surface area contributed by atoms with Crippen molar-refractivity contribution < 1.29 is 9.72 Å². The highest BCUT2D eigenvalue weighted by atomic mass is 16.6. The van der Waals surface area contributed by atoms with Crippen LogP contribution in [0.4, 0.5) is 22.7 Å². The number of aryl methyl sites for hydroxylation is 1. The summed E-state index contributed by atoms with van der Waals surface area (Å²) in [6, 6.07) is 10.4. The normalized spacial score (nSPS) is 13.2. The van der Waals surface area contributed by atoms with Gasteiger partial charge in [0.15, 0.2) is 0 Å². The van der Waals surface area contributed by atoms with Gasteiger partial charge in [-0.15, -0.1) is 0 Å². The molecule has 0 unspecified atom stereocenters. The number of rotatable bonds is 4. The van der Waals surface area contributed by atoms with Crippen molar-refractivity contribution in [2.45, 2.75) is 19.8 Å². The predicted octanol–water partition coefficient (Wildman–Crippen LogP) is 2.88. The topological polar surface area (TPSA) is 102 Å². The Morgan fingerprint density at radius 2 is 2.08 bits per heavy atom. The molecule has 1 heterocycles. The smallest absolute Gasteiger partial charge is 0.293 e. The molecule has 3 N–H and O–H groups in total. The van der Waals surface area contributed by atoms with Gasteiger partial charge in [0.2, 0.25) is 5.91 Å². The Morgan fingerprint density at radius 1 is 1.32 bits per heavy atom. The lowest BCUT2D eigenvalue weighted by Gasteiger charge is -2.31. The molecule has 0 aromatic heterocycles. The number of carbonyl (C=O) groups excluding carboxylic acids is 1. The van der Waals surface area contributed by atoms with E-state index in [0.717, 1.165) is 36.3 Å². The van der Waals surface area contributed by atoms with Gasteiger partial charge in [-0.1, -0.05) is 18.2 Å². The molecule has 2 aromatic carbocycles. The fourth-order valence-electron chi connectivity index (χ4n) is 3.21. The summed E-state index contributed by atoms with van der Waals surface area (Å²) in [7, 11) is 0. The zero-order valence-electron chi connectivity index (χ0n) is 14.0. The van der Waals surface area contributed by atoms with E-state index in [-0.39, 0.29) is 23.8 Å². The first kappa shape index (κ1) is 16.8. The quantitative estimate of drug-likeness (QED) is 0.506. The van der Waals surface area contributed by atoms with Gasteiger partial charge < -0.3 is 16.0 Å². The Bertz CT molecular complexity index is 835. The minimum absolute atomic E-state index is 0.100. The maximum Gasteiger partial charge on any atom is 0.293 e. The van der Waals surface area contributed by atoms with E-state index < -0.39 is 4.92 Å². The van der Waals surface area contributed by atoms with E-state index in [0.29, 0.717) is 5.56 Å². The van der Waals surface area contributed by atoms with Crippen molar-refractivity contribution in [3.63, 3.8) is 0 Å². The van der Waals surface area contributed by atoms with Gasteiger partial charge in [-0.25, -0.2) is 0 Å². The van der Waals surface area contributed by atoms with Gasteiger partial charge in [0.25, 0.3) is 5.69 Å². The van der Waals surface area contributed by atoms with Crippen molar-refractivity contribution in [1.82, 2.24) is 0 Å². The number of para-hydroxylation sites is 1. The number of nitrogens with two attached hydrogens (primary N) is 1. The zero-order chi connectivity index (χ0) is 18.0. The molecule has 7 heteroatoms. The van der Waals surface area contributed by atoms with Crippen LogP contribution in [0.1, 0.15) is 17.5 Å². The number of carbonyl (C=O) groups is 1. The summed E-state index contributed by atoms with van der Waals surface area (Å²) >= 11 is 0. The molecule has 0 saturated carbocycles. The highest BCUT2D eigenvalue weighted by molar-refractivity contribution is 5.97. The summed E-state index contributed by atoms with van der Waals surface area (Å²) in [5, 5.41) is 13.9. The number of amides is 1. The van der Waals surface area contributed by atoms with Gasteiger partial charge in [0, 0.05) is 24.0 Å². The number of nitrogens with one attached hydrogen (secondary N) is 1. The second-order valence-electron chi connectivity index (χ2n) is 6.14. The first-order chi connectivity index (χ1) is 12.0. The summed E-state index contributed by atoms with van der Waals surface area (Å²) in [5.41, 5.74) is 9.59. The lowest BCUT2D eigenvalue weighted by atomic mass is 10.00. The van der Waals surface area contributed by atoms with Gasteiger partial charge in [-0.05, 0) is 43.0 Å². The third-order valence-electron chi connectivity index (χ3n) is 4.43. The van der Waals surface area contributed by atoms with Crippen molar-refractivity contribution in [3.8, 4) is 0 Å². The summed E-state index contributed by atoms with van der Waals surface area (Å²) in [6.45, 7) is 2.61. The molecule has 0 saturated heterocycles. The fourth-order valence-corrected chi connectivity index (χ4v) is 3.21. The Morgan fingerprint density at radius 3 is 2.84 bits per heavy atom. The second kappa shape index (κ2) is 6.80. The highest BCUT2D eigenvalue weighted by Gasteiger charge is 2.22. The molecular formula is C18H20N4O3. The summed E-state index contributed by atoms with van der Waals surface area (Å²) in [4.78, 5) is 25.2. The number of hydrogen-bond acceptors (Lipinski definition) is 5. The van der Waals surface area contributed by atoms with E-state index in [1.165, 1.54) is 6.07 Å². The van der Waals surface area contributed by atoms with Crippen LogP contribution >= 0.6 is 0 Å². The van der Waals surface area contributed by atoms with Crippen LogP contribution < -0.4 is 16.0 Å². The second-order valence-corrected chi connectivity index (χ2v) is 6.14. The zero-order valence-corrected chi connectivity index (χ0v) is 14.0. The van der Waals surface area contributed by atoms with E-state index in [1.807, 2.05) is 23.1 Å². The predicted molar refractivity (Wildman–Crippen MR) is 97.9 cm³/mol. The van der Waals surface area contributed by atoms with Gasteiger partial charge in [-0.2, -0.15) is 0 Å². The third kappa shape index (κ3) is 3.40. The maximum absolute atomic E-state index is 12.5. The Kier molecular flexibility index (Phi) is 4.56. The molecule has 25 heavy (non-hydrogen) atoms. The van der Waals surface area contributed by atoms with Crippen LogP contribution in [-0.4, -0.2) is 23.9 Å². The number of nitrogen functional groups attached to an aromatic ring is 1. The molecule has 0 fully saturated rings. The van der Waals surface area contributed by atoms with E-state index in [4.69, 9.17) is 5.73 Å². The van der Waals surface area contributed by atoms with Crippen molar-refractivity contribution in [1.29, 1.82) is 0 Å². The largest absolute Gasteiger partial charge is 0.398 e. The van der Waals surface area contributed by atoms with Gasteiger partial charge in [0.05, 0.1) is 11.5 Å². The van der Waals surface area contributed by atoms with Crippen LogP contribution in [0.3, 0.4) is 0 Å². The lowest BCUT2D eigenvalue weighted by molar-refractivity contribution is -0.384. The van der Waals surface area contributed by atoms with Crippen molar-refractivity contribution in [3.05, 3.63) is 57.6 Å². The molecular weight excluding hydrogens is 320 g/mol. The van der Waals surface area contributed by atoms with E-state index >= 15 is 0 Å². The monoisotopic (exact) mass is 340 g/mol. The maximum atomic E-state index is 12.5. The first-order valence-corrected chi connectivity index (χ1v) is 8.13. The standard InChI is InChI=1S/C18H20N4O3/c1-12-5-2-9-16(22(24)25)18(12)20-17(23)11-21-10-4-6-13-14(19)7-3-8-15(13)21/h2-3,5,7-9H,4,6,10-11,19H2,1H3,(H,20,23). The number of nitro benzene ring substituents is 1. The Hall–Kier alpha value is -3.09. The molecule has 2 aromatic rings. The molecule has 7 nitrogen and oxygen atoms in total. The number of anilines is 3. The molecule has 0 aliphatic carbocycles. The van der Waals surface area contributed by atoms with E-state index in [1.54, 1.807) is 19.1 Å². The fraction of sp³-hybridized carbons (Fsp3) is 0.278. The van der Waals surface area contributed by atoms with Gasteiger partial charge in [-0.3, -0.25) is 14.9 Å². The van der Waals surface area contributed by atoms with Crippen LogP contribution in [0.25, 0.3) is 0 Å². The Labute approximate surface area is 145 Å². The summed E-state index contributed by atoms with van der Waals surface area (Å²) < 4.78 is 0. The molecule has 1 aliphatic rings. The minimum Gasteiger partial charge on any atom is -0.398 e. The molecule has 3 rings (SSSR count). The van der Waals surface area contributed by atoms with Gasteiger partial charge in [0.1, 0.15) is 5.69 Å². The molecule has 0 bridgehead atoms. The molecule has 1 aliphatic heterocycles. The lowest BCUT2D eigenvalue weighted by Crippen LogP contribution is -2.37. The number of nitrogens with zero attached hydrogens (tertiary/aromatic N) is 2.